The first-order valence-corrected chi connectivity index (χ1v) is 11.3. The van der Waals surface area contributed by atoms with E-state index in [9.17, 15) is 22.8 Å². The molecule has 10 heteroatoms. The molecule has 0 bridgehead atoms. The number of halogens is 3. The summed E-state index contributed by atoms with van der Waals surface area (Å²) in [7, 11) is 0. The SMILES string of the molecule is O=C1CN(CC(=O)N2CC=CCC2c2ccc3occcc2-3)CCN1c1ccc(C(F)(F)F)cn1. The van der Waals surface area contributed by atoms with Crippen LogP contribution in [0.15, 0.2) is 65.4 Å². The quantitative estimate of drug-likeness (QED) is 0.524. The summed E-state index contributed by atoms with van der Waals surface area (Å²) in [5.74, 6) is 0.539. The molecule has 1 unspecified atom stereocenters. The number of alkyl halides is 3. The molecular formula is C25H23F3N4O3. The third-order valence-electron chi connectivity index (χ3n) is 6.42. The fourth-order valence-electron chi connectivity index (χ4n) is 4.64. The van der Waals surface area contributed by atoms with Crippen LogP contribution in [0.5, 0.6) is 0 Å². The summed E-state index contributed by atoms with van der Waals surface area (Å²) in [5.41, 5.74) is 1.13. The number of hydrogen-bond acceptors (Lipinski definition) is 5. The Morgan fingerprint density at radius 3 is 2.71 bits per heavy atom. The van der Waals surface area contributed by atoms with Gasteiger partial charge in [0.1, 0.15) is 11.6 Å². The zero-order chi connectivity index (χ0) is 24.6. The molecule has 7 nitrogen and oxygen atoms in total. The van der Waals surface area contributed by atoms with Crippen LogP contribution in [0, 0.1) is 0 Å². The van der Waals surface area contributed by atoms with Gasteiger partial charge in [-0.15, -0.1) is 0 Å². The van der Waals surface area contributed by atoms with E-state index in [2.05, 4.69) is 11.1 Å². The highest BCUT2D eigenvalue weighted by Crippen LogP contribution is 2.38. The van der Waals surface area contributed by atoms with Gasteiger partial charge in [-0.25, -0.2) is 4.98 Å². The second-order valence-electron chi connectivity index (χ2n) is 8.61. The first-order chi connectivity index (χ1) is 16.8. The normalized spacial score (nSPS) is 19.5. The average Bonchev–Trinajstić information content (AvgIpc) is 3.28. The molecule has 3 aliphatic heterocycles. The van der Waals surface area contributed by atoms with Gasteiger partial charge in [-0.05, 0) is 42.3 Å². The number of pyridine rings is 1. The predicted octanol–water partition coefficient (Wildman–Crippen LogP) is 3.98. The molecule has 0 N–H and O–H groups in total. The van der Waals surface area contributed by atoms with Crippen molar-refractivity contribution in [1.29, 1.82) is 0 Å². The Morgan fingerprint density at radius 1 is 1.11 bits per heavy atom. The number of hydrogen-bond donors (Lipinski definition) is 0. The van der Waals surface area contributed by atoms with Gasteiger partial charge in [-0.1, -0.05) is 18.2 Å². The van der Waals surface area contributed by atoms with Gasteiger partial charge in [0, 0.05) is 31.4 Å². The number of carbonyl (C=O) groups excluding carboxylic acids is 2. The largest absolute Gasteiger partial charge is 0.464 e. The highest BCUT2D eigenvalue weighted by Gasteiger charge is 2.34. The summed E-state index contributed by atoms with van der Waals surface area (Å²) in [6.45, 7) is 1.19. The Morgan fingerprint density at radius 2 is 1.97 bits per heavy atom. The van der Waals surface area contributed by atoms with Crippen LogP contribution in [-0.4, -0.2) is 59.3 Å². The number of carbonyl (C=O) groups is 2. The maximum atomic E-state index is 13.3. The maximum Gasteiger partial charge on any atom is 0.417 e. The Labute approximate surface area is 199 Å². The van der Waals surface area contributed by atoms with E-state index < -0.39 is 11.7 Å². The van der Waals surface area contributed by atoms with E-state index in [1.54, 1.807) is 11.2 Å². The zero-order valence-electron chi connectivity index (χ0n) is 18.7. The summed E-state index contributed by atoms with van der Waals surface area (Å²) >= 11 is 0. The average molecular weight is 484 g/mol. The van der Waals surface area contributed by atoms with Gasteiger partial charge in [-0.2, -0.15) is 13.2 Å². The molecule has 4 heterocycles. The molecule has 1 saturated heterocycles. The monoisotopic (exact) mass is 484 g/mol. The first-order valence-electron chi connectivity index (χ1n) is 11.3. The van der Waals surface area contributed by atoms with E-state index >= 15 is 0 Å². The maximum absolute atomic E-state index is 13.3. The standard InChI is InChI=1S/C25H23F3N4O3/c26-25(27,28)17-6-9-22(29-14-17)32-12-11-30(16-24(32)34)15-23(33)31-10-2-1-5-20(31)18-7-8-21-19(18)4-3-13-35-21/h1-4,6-9,13-14,20H,5,10-12,15-16H2. The number of anilines is 1. The molecule has 1 aromatic heterocycles. The van der Waals surface area contributed by atoms with Crippen LogP contribution in [-0.2, 0) is 15.8 Å². The van der Waals surface area contributed by atoms with Gasteiger partial charge in [0.25, 0.3) is 0 Å². The van der Waals surface area contributed by atoms with Crippen molar-refractivity contribution in [3.63, 3.8) is 0 Å². The lowest BCUT2D eigenvalue weighted by Crippen LogP contribution is -2.53. The van der Waals surface area contributed by atoms with Gasteiger partial charge in [-0.3, -0.25) is 19.4 Å². The van der Waals surface area contributed by atoms with Crippen molar-refractivity contribution in [2.24, 2.45) is 0 Å². The third-order valence-corrected chi connectivity index (χ3v) is 6.42. The van der Waals surface area contributed by atoms with E-state index in [1.165, 1.54) is 11.0 Å². The molecule has 0 radical (unpaired) electrons. The van der Waals surface area contributed by atoms with Gasteiger partial charge in [0.15, 0.2) is 0 Å². The second-order valence-corrected chi connectivity index (χ2v) is 8.61. The Hall–Kier alpha value is -3.66. The van der Waals surface area contributed by atoms with Crippen LogP contribution in [0.3, 0.4) is 0 Å². The zero-order valence-corrected chi connectivity index (χ0v) is 18.7. The molecule has 2 amide bonds. The summed E-state index contributed by atoms with van der Waals surface area (Å²) in [6, 6.07) is 9.67. The molecule has 1 aliphatic carbocycles. The lowest BCUT2D eigenvalue weighted by Gasteiger charge is -2.37. The molecule has 35 heavy (non-hydrogen) atoms. The number of rotatable bonds is 4. The molecule has 4 aliphatic rings. The molecule has 182 valence electrons. The van der Waals surface area contributed by atoms with Gasteiger partial charge in [0.05, 0.1) is 31.0 Å². The van der Waals surface area contributed by atoms with Crippen LogP contribution >= 0.6 is 0 Å². The predicted molar refractivity (Wildman–Crippen MR) is 122 cm³/mol. The number of aromatic nitrogens is 1. The Balaban J connectivity index is 1.24. The number of piperazine rings is 1. The number of nitrogens with zero attached hydrogens (tertiary/aromatic N) is 4. The Kier molecular flexibility index (Phi) is 6.06. The van der Waals surface area contributed by atoms with E-state index in [-0.39, 0.29) is 43.3 Å². The van der Waals surface area contributed by atoms with Crippen molar-refractivity contribution >= 4 is 17.6 Å². The van der Waals surface area contributed by atoms with Crippen molar-refractivity contribution < 1.29 is 27.2 Å². The van der Waals surface area contributed by atoms with Crippen molar-refractivity contribution in [1.82, 2.24) is 14.8 Å². The van der Waals surface area contributed by atoms with Crippen molar-refractivity contribution in [3.05, 3.63) is 72.1 Å². The highest BCUT2D eigenvalue weighted by atomic mass is 19.4. The van der Waals surface area contributed by atoms with Crippen LogP contribution in [0.4, 0.5) is 19.0 Å². The molecule has 5 rings (SSSR count). The Bertz CT molecular complexity index is 1220. The van der Waals surface area contributed by atoms with Crippen molar-refractivity contribution in [3.8, 4) is 11.3 Å². The van der Waals surface area contributed by atoms with E-state index in [4.69, 9.17) is 4.42 Å². The van der Waals surface area contributed by atoms with Gasteiger partial charge >= 0.3 is 6.18 Å². The third kappa shape index (κ3) is 4.66. The molecule has 0 aromatic carbocycles. The highest BCUT2D eigenvalue weighted by molar-refractivity contribution is 5.95. The van der Waals surface area contributed by atoms with Crippen LogP contribution in [0.25, 0.3) is 11.3 Å². The van der Waals surface area contributed by atoms with Crippen LogP contribution < -0.4 is 4.90 Å². The van der Waals surface area contributed by atoms with E-state index in [0.29, 0.717) is 19.5 Å². The minimum atomic E-state index is -4.49. The van der Waals surface area contributed by atoms with Crippen molar-refractivity contribution in [2.45, 2.75) is 18.6 Å². The second kappa shape index (κ2) is 9.18. The fourth-order valence-corrected chi connectivity index (χ4v) is 4.64. The first kappa shape index (κ1) is 23.1. The molecule has 1 atom stereocenters. The molecule has 0 spiro atoms. The number of fused-ring (bicyclic) bond motifs is 1. The van der Waals surface area contributed by atoms with Crippen molar-refractivity contribution in [2.75, 3.05) is 37.6 Å². The summed E-state index contributed by atoms with van der Waals surface area (Å²) < 4.78 is 43.9. The van der Waals surface area contributed by atoms with E-state index in [1.807, 2.05) is 35.2 Å². The lowest BCUT2D eigenvalue weighted by molar-refractivity contribution is -0.138. The van der Waals surface area contributed by atoms with E-state index in [0.717, 1.165) is 29.2 Å². The van der Waals surface area contributed by atoms with Gasteiger partial charge < -0.3 is 9.32 Å². The molecular weight excluding hydrogens is 461 g/mol. The minimum Gasteiger partial charge on any atom is -0.464 e. The molecule has 1 fully saturated rings. The molecule has 1 aromatic rings. The number of amides is 2. The minimum absolute atomic E-state index is 0.0129. The van der Waals surface area contributed by atoms with Crippen LogP contribution in [0.1, 0.15) is 23.6 Å². The summed E-state index contributed by atoms with van der Waals surface area (Å²) in [4.78, 5) is 34.7. The topological polar surface area (TPSA) is 69.9 Å². The fraction of sp³-hybridized carbons (Fsp3) is 0.320. The van der Waals surface area contributed by atoms with Gasteiger partial charge in [0.2, 0.25) is 11.8 Å². The molecule has 0 saturated carbocycles. The lowest BCUT2D eigenvalue weighted by atomic mass is 9.97. The smallest absolute Gasteiger partial charge is 0.417 e. The van der Waals surface area contributed by atoms with Crippen LogP contribution in [0.2, 0.25) is 0 Å². The summed E-state index contributed by atoms with van der Waals surface area (Å²) in [6.07, 6.45) is 2.57. The summed E-state index contributed by atoms with van der Waals surface area (Å²) in [5, 5.41) is 0.